The lowest BCUT2D eigenvalue weighted by Gasteiger charge is -2.21. The number of nitro groups is 1. The van der Waals surface area contributed by atoms with Crippen LogP contribution in [-0.4, -0.2) is 23.0 Å². The van der Waals surface area contributed by atoms with Gasteiger partial charge in [0, 0.05) is 4.92 Å². The monoisotopic (exact) mass is 443 g/mol. The first-order chi connectivity index (χ1) is 15.9. The highest BCUT2D eigenvalue weighted by Crippen LogP contribution is 2.29. The first-order valence-electron chi connectivity index (χ1n) is 10.4. The molecule has 0 radical (unpaired) electrons. The van der Waals surface area contributed by atoms with Gasteiger partial charge in [-0.2, -0.15) is 0 Å². The molecular formula is C27H22FNO4. The highest BCUT2D eigenvalue weighted by molar-refractivity contribution is 6.14. The zero-order valence-electron chi connectivity index (χ0n) is 17.7. The number of ketones is 2. The Morgan fingerprint density at radius 2 is 1.33 bits per heavy atom. The van der Waals surface area contributed by atoms with Crippen LogP contribution < -0.4 is 0 Å². The smallest absolute Gasteiger partial charge is 0.211 e. The van der Waals surface area contributed by atoms with Gasteiger partial charge >= 0.3 is 0 Å². The summed E-state index contributed by atoms with van der Waals surface area (Å²) in [6, 6.07) is 23.3. The molecule has 0 aliphatic carbocycles. The summed E-state index contributed by atoms with van der Waals surface area (Å²) >= 11 is 0. The number of hydrogen-bond donors (Lipinski definition) is 0. The van der Waals surface area contributed by atoms with Crippen molar-refractivity contribution in [3.63, 3.8) is 0 Å². The van der Waals surface area contributed by atoms with E-state index >= 15 is 0 Å². The van der Waals surface area contributed by atoms with Crippen LogP contribution in [0.25, 0.3) is 12.2 Å². The molecule has 0 amide bonds. The van der Waals surface area contributed by atoms with Gasteiger partial charge in [0.15, 0.2) is 11.6 Å². The van der Waals surface area contributed by atoms with E-state index in [1.165, 1.54) is 30.4 Å². The van der Waals surface area contributed by atoms with Crippen molar-refractivity contribution in [3.8, 4) is 0 Å². The lowest BCUT2D eigenvalue weighted by molar-refractivity contribution is -0.484. The maximum atomic E-state index is 13.9. The second-order valence-corrected chi connectivity index (χ2v) is 7.45. The van der Waals surface area contributed by atoms with Gasteiger partial charge in [-0.15, -0.1) is 0 Å². The lowest BCUT2D eigenvalue weighted by atomic mass is 9.80. The van der Waals surface area contributed by atoms with Crippen LogP contribution in [0.1, 0.15) is 22.6 Å². The fourth-order valence-corrected chi connectivity index (χ4v) is 3.53. The quantitative estimate of drug-likeness (QED) is 0.183. The Morgan fingerprint density at radius 1 is 0.818 bits per heavy atom. The number of rotatable bonds is 10. The van der Waals surface area contributed by atoms with Gasteiger partial charge in [-0.3, -0.25) is 19.7 Å². The van der Waals surface area contributed by atoms with Crippen molar-refractivity contribution in [1.82, 2.24) is 0 Å². The summed E-state index contributed by atoms with van der Waals surface area (Å²) in [5.41, 5.74) is 1.71. The van der Waals surface area contributed by atoms with Crippen LogP contribution in [0.3, 0.4) is 0 Å². The van der Waals surface area contributed by atoms with Gasteiger partial charge in [-0.25, -0.2) is 4.39 Å². The van der Waals surface area contributed by atoms with Crippen molar-refractivity contribution in [3.05, 3.63) is 130 Å². The summed E-state index contributed by atoms with van der Waals surface area (Å²) in [5, 5.41) is 11.4. The Labute approximate surface area is 191 Å². The summed E-state index contributed by atoms with van der Waals surface area (Å²) < 4.78 is 13.9. The van der Waals surface area contributed by atoms with E-state index in [4.69, 9.17) is 0 Å². The van der Waals surface area contributed by atoms with E-state index in [1.807, 2.05) is 12.1 Å². The van der Waals surface area contributed by atoms with Crippen LogP contribution in [0, 0.1) is 21.8 Å². The first-order valence-corrected chi connectivity index (χ1v) is 10.4. The lowest BCUT2D eigenvalue weighted by Crippen LogP contribution is -2.32. The number of carbonyl (C=O) groups excluding carboxylic acids is 2. The molecule has 3 aromatic rings. The van der Waals surface area contributed by atoms with E-state index in [0.29, 0.717) is 0 Å². The number of benzene rings is 3. The topological polar surface area (TPSA) is 77.3 Å². The van der Waals surface area contributed by atoms with E-state index in [9.17, 15) is 24.1 Å². The van der Waals surface area contributed by atoms with E-state index in [0.717, 1.165) is 17.2 Å². The first kappa shape index (κ1) is 23.5. The van der Waals surface area contributed by atoms with Crippen molar-refractivity contribution in [2.45, 2.75) is 5.92 Å². The molecule has 3 aromatic carbocycles. The minimum atomic E-state index is -1.38. The molecular weight excluding hydrogens is 421 g/mol. The van der Waals surface area contributed by atoms with Crippen LogP contribution >= 0.6 is 0 Å². The van der Waals surface area contributed by atoms with Gasteiger partial charge in [-0.1, -0.05) is 84.9 Å². The van der Waals surface area contributed by atoms with Crippen LogP contribution in [0.2, 0.25) is 0 Å². The molecule has 0 saturated carbocycles. The summed E-state index contributed by atoms with van der Waals surface area (Å²) in [6.07, 6.45) is 5.61. The maximum absolute atomic E-state index is 13.9. The number of halogens is 1. The molecule has 6 heteroatoms. The fourth-order valence-electron chi connectivity index (χ4n) is 3.53. The number of nitrogens with zero attached hydrogens (tertiary/aromatic N) is 1. The number of hydrogen-bond acceptors (Lipinski definition) is 4. The Kier molecular flexibility index (Phi) is 8.13. The molecule has 0 spiro atoms. The van der Waals surface area contributed by atoms with Crippen LogP contribution in [0.4, 0.5) is 4.39 Å². The molecule has 0 unspecified atom stereocenters. The molecule has 5 nitrogen and oxygen atoms in total. The molecule has 0 fully saturated rings. The Bertz CT molecular complexity index is 1110. The molecule has 166 valence electrons. The summed E-state index contributed by atoms with van der Waals surface area (Å²) in [6.45, 7) is -0.691. The molecule has 0 saturated heterocycles. The summed E-state index contributed by atoms with van der Waals surface area (Å²) in [7, 11) is 0. The minimum absolute atomic E-state index is 0.222. The molecule has 33 heavy (non-hydrogen) atoms. The molecule has 0 heterocycles. The highest BCUT2D eigenvalue weighted by Gasteiger charge is 2.36. The van der Waals surface area contributed by atoms with Gasteiger partial charge in [0.1, 0.15) is 5.82 Å². The van der Waals surface area contributed by atoms with Crippen molar-refractivity contribution in [2.75, 3.05) is 6.54 Å². The maximum Gasteiger partial charge on any atom is 0.211 e. The van der Waals surface area contributed by atoms with Gasteiger partial charge in [-0.05, 0) is 41.0 Å². The SMILES string of the molecule is O=C(/C=C/c1ccccc1)C(C(=O)/C=C/c1ccccc1)[C@@H](C[N+](=O)[O-])c1cccc(F)c1. The predicted molar refractivity (Wildman–Crippen MR) is 125 cm³/mol. The third kappa shape index (κ3) is 6.90. The minimum Gasteiger partial charge on any atom is -0.294 e. The Balaban J connectivity index is 2.00. The van der Waals surface area contributed by atoms with Gasteiger partial charge < -0.3 is 0 Å². The molecule has 0 aliphatic heterocycles. The van der Waals surface area contributed by atoms with E-state index in [1.54, 1.807) is 60.7 Å². The summed E-state index contributed by atoms with van der Waals surface area (Å²) in [4.78, 5) is 37.2. The van der Waals surface area contributed by atoms with E-state index < -0.39 is 40.7 Å². The molecule has 1 atom stereocenters. The normalized spacial score (nSPS) is 12.3. The van der Waals surface area contributed by atoms with Gasteiger partial charge in [0.05, 0.1) is 11.8 Å². The summed E-state index contributed by atoms with van der Waals surface area (Å²) in [5.74, 6) is -4.27. The standard InChI is InChI=1S/C27H22FNO4/c28-23-13-7-12-22(18-23)24(19-29(32)33)27(25(30)16-14-20-8-3-1-4-9-20)26(31)17-15-21-10-5-2-6-11-21/h1-18,24,27H,19H2/b16-14+,17-15+/t24-/m0/s1. The molecule has 0 aliphatic rings. The van der Waals surface area contributed by atoms with Crippen LogP contribution in [0.15, 0.2) is 97.1 Å². The van der Waals surface area contributed by atoms with Crippen LogP contribution in [-0.2, 0) is 9.59 Å². The number of allylic oxidation sites excluding steroid dienone is 2. The average Bonchev–Trinajstić information content (AvgIpc) is 2.82. The van der Waals surface area contributed by atoms with E-state index in [2.05, 4.69) is 0 Å². The van der Waals surface area contributed by atoms with Gasteiger partial charge in [0.25, 0.3) is 0 Å². The molecule has 3 rings (SSSR count). The van der Waals surface area contributed by atoms with Crippen molar-refractivity contribution in [2.24, 2.45) is 5.92 Å². The Morgan fingerprint density at radius 3 is 1.79 bits per heavy atom. The third-order valence-electron chi connectivity index (χ3n) is 5.12. The molecule has 0 N–H and O–H groups in total. The zero-order chi connectivity index (χ0) is 23.6. The Hall–Kier alpha value is -4.19. The third-order valence-corrected chi connectivity index (χ3v) is 5.12. The fraction of sp³-hybridized carbons (Fsp3) is 0.111. The van der Waals surface area contributed by atoms with Gasteiger partial charge in [0.2, 0.25) is 6.54 Å². The van der Waals surface area contributed by atoms with Crippen molar-refractivity contribution >= 4 is 23.7 Å². The molecule has 0 bridgehead atoms. The van der Waals surface area contributed by atoms with Crippen molar-refractivity contribution in [1.29, 1.82) is 0 Å². The molecule has 0 aromatic heterocycles. The highest BCUT2D eigenvalue weighted by atomic mass is 19.1. The van der Waals surface area contributed by atoms with E-state index in [-0.39, 0.29) is 5.56 Å². The van der Waals surface area contributed by atoms with Crippen molar-refractivity contribution < 1.29 is 18.9 Å². The predicted octanol–water partition coefficient (Wildman–Crippen LogP) is 5.37. The average molecular weight is 443 g/mol. The zero-order valence-corrected chi connectivity index (χ0v) is 17.7. The van der Waals surface area contributed by atoms with Crippen LogP contribution in [0.5, 0.6) is 0 Å². The largest absolute Gasteiger partial charge is 0.294 e. The second kappa shape index (κ2) is 11.4. The number of carbonyl (C=O) groups is 2. The second-order valence-electron chi connectivity index (χ2n) is 7.45.